The number of nitrogens with one attached hydrogen (secondary N) is 1. The first-order valence-corrected chi connectivity index (χ1v) is 5.74. The average Bonchev–Trinajstić information content (AvgIpc) is 2.54. The van der Waals surface area contributed by atoms with Gasteiger partial charge < -0.3 is 11.1 Å². The van der Waals surface area contributed by atoms with Gasteiger partial charge >= 0.3 is 0 Å². The first kappa shape index (κ1) is 11.1. The van der Waals surface area contributed by atoms with Gasteiger partial charge in [0.15, 0.2) is 10.9 Å². The molecule has 0 unspecified atom stereocenters. The van der Waals surface area contributed by atoms with Crippen LogP contribution in [0.25, 0.3) is 0 Å². The van der Waals surface area contributed by atoms with Crippen molar-refractivity contribution < 1.29 is 0 Å². The maximum atomic E-state index is 5.95. The van der Waals surface area contributed by atoms with Crippen LogP contribution in [0.5, 0.6) is 0 Å². The summed E-state index contributed by atoms with van der Waals surface area (Å²) in [5.41, 5.74) is 6.56. The predicted octanol–water partition coefficient (Wildman–Crippen LogP) is 2.53. The average molecular weight is 256 g/mol. The molecule has 2 rings (SSSR count). The van der Waals surface area contributed by atoms with Crippen molar-refractivity contribution in [2.75, 3.05) is 11.1 Å². The Morgan fingerprint density at radius 3 is 2.75 bits per heavy atom. The van der Waals surface area contributed by atoms with Crippen LogP contribution in [0.2, 0.25) is 5.02 Å². The molecule has 0 aliphatic heterocycles. The van der Waals surface area contributed by atoms with Gasteiger partial charge in [-0.2, -0.15) is 0 Å². The minimum absolute atomic E-state index is 0.254. The van der Waals surface area contributed by atoms with Gasteiger partial charge in [-0.05, 0) is 13.8 Å². The van der Waals surface area contributed by atoms with Crippen molar-refractivity contribution in [3.05, 3.63) is 21.9 Å². The third-order valence-corrected chi connectivity index (χ3v) is 3.43. The molecule has 0 aliphatic carbocycles. The van der Waals surface area contributed by atoms with E-state index in [1.807, 2.05) is 13.8 Å². The van der Waals surface area contributed by atoms with E-state index in [-0.39, 0.29) is 5.82 Å². The number of hydrogen-bond donors (Lipinski definition) is 2. The molecule has 0 aromatic carbocycles. The van der Waals surface area contributed by atoms with Crippen LogP contribution in [0.4, 0.5) is 16.8 Å². The van der Waals surface area contributed by atoms with E-state index in [0.29, 0.717) is 10.8 Å². The third kappa shape index (κ3) is 2.07. The summed E-state index contributed by atoms with van der Waals surface area (Å²) in [5.74, 6) is 0.729. The summed E-state index contributed by atoms with van der Waals surface area (Å²) >= 11 is 7.50. The zero-order valence-corrected chi connectivity index (χ0v) is 10.4. The maximum absolute atomic E-state index is 5.95. The van der Waals surface area contributed by atoms with Crippen molar-refractivity contribution in [3.63, 3.8) is 0 Å². The predicted molar refractivity (Wildman–Crippen MR) is 66.3 cm³/mol. The van der Waals surface area contributed by atoms with Gasteiger partial charge in [0.05, 0.1) is 5.69 Å². The molecule has 0 spiro atoms. The summed E-state index contributed by atoms with van der Waals surface area (Å²) in [4.78, 5) is 13.3. The number of thiazole rings is 1. The van der Waals surface area contributed by atoms with Crippen LogP contribution < -0.4 is 11.1 Å². The first-order valence-electron chi connectivity index (χ1n) is 4.55. The SMILES string of the molecule is Cc1nc(Nc2ncnc(N)c2Cl)sc1C. The summed E-state index contributed by atoms with van der Waals surface area (Å²) in [6.45, 7) is 3.96. The standard InChI is InChI=1S/C9H10ClN5S/c1-4-5(2)16-9(14-4)15-8-6(10)7(11)12-3-13-8/h3H,1-2H3,(H3,11,12,13,14,15). The molecule has 3 N–H and O–H groups in total. The van der Waals surface area contributed by atoms with Crippen LogP contribution in [-0.2, 0) is 0 Å². The molecule has 84 valence electrons. The second-order valence-corrected chi connectivity index (χ2v) is 4.79. The molecule has 0 aliphatic rings. The number of aromatic nitrogens is 3. The second kappa shape index (κ2) is 4.23. The van der Waals surface area contributed by atoms with Crippen molar-refractivity contribution in [1.82, 2.24) is 15.0 Å². The molecule has 0 fully saturated rings. The van der Waals surface area contributed by atoms with Gasteiger partial charge in [0, 0.05) is 4.88 Å². The van der Waals surface area contributed by atoms with E-state index in [0.717, 1.165) is 15.7 Å². The van der Waals surface area contributed by atoms with Crippen molar-refractivity contribution >= 4 is 39.7 Å². The second-order valence-electron chi connectivity index (χ2n) is 3.21. The van der Waals surface area contributed by atoms with Gasteiger partial charge in [-0.1, -0.05) is 11.6 Å². The van der Waals surface area contributed by atoms with Gasteiger partial charge in [-0.3, -0.25) is 0 Å². The van der Waals surface area contributed by atoms with Crippen LogP contribution >= 0.6 is 22.9 Å². The van der Waals surface area contributed by atoms with Crippen LogP contribution in [0.3, 0.4) is 0 Å². The molecule has 2 aromatic rings. The minimum atomic E-state index is 0.254. The lowest BCUT2D eigenvalue weighted by molar-refractivity contribution is 1.16. The maximum Gasteiger partial charge on any atom is 0.188 e. The summed E-state index contributed by atoms with van der Waals surface area (Å²) in [5, 5.41) is 4.08. The Morgan fingerprint density at radius 1 is 1.38 bits per heavy atom. The molecule has 16 heavy (non-hydrogen) atoms. The molecule has 0 amide bonds. The largest absolute Gasteiger partial charge is 0.382 e. The quantitative estimate of drug-likeness (QED) is 0.862. The molecule has 0 atom stereocenters. The van der Waals surface area contributed by atoms with E-state index >= 15 is 0 Å². The molecular formula is C9H10ClN5S. The Balaban J connectivity index is 2.30. The van der Waals surface area contributed by atoms with E-state index in [1.54, 1.807) is 11.3 Å². The molecule has 5 nitrogen and oxygen atoms in total. The van der Waals surface area contributed by atoms with E-state index in [4.69, 9.17) is 17.3 Å². The summed E-state index contributed by atoms with van der Waals surface area (Å²) in [6.07, 6.45) is 1.36. The molecule has 0 radical (unpaired) electrons. The lowest BCUT2D eigenvalue weighted by Gasteiger charge is -2.04. The highest BCUT2D eigenvalue weighted by molar-refractivity contribution is 7.15. The van der Waals surface area contributed by atoms with Gasteiger partial charge in [-0.25, -0.2) is 15.0 Å². The minimum Gasteiger partial charge on any atom is -0.382 e. The van der Waals surface area contributed by atoms with Crippen LogP contribution in [0.15, 0.2) is 6.33 Å². The smallest absolute Gasteiger partial charge is 0.188 e. The monoisotopic (exact) mass is 255 g/mol. The van der Waals surface area contributed by atoms with Crippen molar-refractivity contribution in [3.8, 4) is 0 Å². The summed E-state index contributed by atoms with van der Waals surface area (Å²) in [7, 11) is 0. The van der Waals surface area contributed by atoms with Crippen molar-refractivity contribution in [2.45, 2.75) is 13.8 Å². The number of hydrogen-bond acceptors (Lipinski definition) is 6. The number of nitrogens with zero attached hydrogens (tertiary/aromatic N) is 3. The fourth-order valence-corrected chi connectivity index (χ4v) is 2.06. The van der Waals surface area contributed by atoms with Crippen LogP contribution in [0, 0.1) is 13.8 Å². The summed E-state index contributed by atoms with van der Waals surface area (Å²) < 4.78 is 0. The number of rotatable bonds is 2. The number of halogens is 1. The third-order valence-electron chi connectivity index (χ3n) is 2.07. The van der Waals surface area contributed by atoms with Crippen LogP contribution in [0.1, 0.15) is 10.6 Å². The van der Waals surface area contributed by atoms with Gasteiger partial charge in [0.25, 0.3) is 0 Å². The number of nitrogen functional groups attached to an aromatic ring is 1. The highest BCUT2D eigenvalue weighted by atomic mass is 35.5. The Bertz CT molecular complexity index is 505. The van der Waals surface area contributed by atoms with E-state index < -0.39 is 0 Å². The molecule has 0 saturated carbocycles. The van der Waals surface area contributed by atoms with E-state index in [9.17, 15) is 0 Å². The fourth-order valence-electron chi connectivity index (χ4n) is 1.10. The number of aryl methyl sites for hydroxylation is 2. The zero-order valence-electron chi connectivity index (χ0n) is 8.78. The van der Waals surface area contributed by atoms with Gasteiger partial charge in [0.1, 0.15) is 17.2 Å². The Hall–Kier alpha value is -1.40. The van der Waals surface area contributed by atoms with Crippen molar-refractivity contribution in [2.24, 2.45) is 0 Å². The highest BCUT2D eigenvalue weighted by Gasteiger charge is 2.09. The van der Waals surface area contributed by atoms with Gasteiger partial charge in [-0.15, -0.1) is 11.3 Å². The molecule has 2 aromatic heterocycles. The van der Waals surface area contributed by atoms with E-state index in [2.05, 4.69) is 20.3 Å². The van der Waals surface area contributed by atoms with Gasteiger partial charge in [0.2, 0.25) is 0 Å². The lowest BCUT2D eigenvalue weighted by Crippen LogP contribution is -1.99. The van der Waals surface area contributed by atoms with Crippen LogP contribution in [-0.4, -0.2) is 15.0 Å². The number of nitrogens with two attached hydrogens (primary N) is 1. The first-order chi connectivity index (χ1) is 7.58. The molecule has 7 heteroatoms. The molecular weight excluding hydrogens is 246 g/mol. The topological polar surface area (TPSA) is 76.7 Å². The highest BCUT2D eigenvalue weighted by Crippen LogP contribution is 2.29. The summed E-state index contributed by atoms with van der Waals surface area (Å²) in [6, 6.07) is 0. The Kier molecular flexibility index (Phi) is 2.93. The fraction of sp³-hybridized carbons (Fsp3) is 0.222. The Morgan fingerprint density at radius 2 is 2.12 bits per heavy atom. The van der Waals surface area contributed by atoms with Crippen molar-refractivity contribution in [1.29, 1.82) is 0 Å². The van der Waals surface area contributed by atoms with E-state index in [1.165, 1.54) is 6.33 Å². The zero-order chi connectivity index (χ0) is 11.7. The normalized spacial score (nSPS) is 10.4. The Labute approximate surface area is 102 Å². The lowest BCUT2D eigenvalue weighted by atomic mass is 10.4. The molecule has 0 saturated heterocycles. The molecule has 0 bridgehead atoms. The number of anilines is 3. The molecule has 2 heterocycles.